The van der Waals surface area contributed by atoms with Gasteiger partial charge >= 0.3 is 0 Å². The maximum atomic E-state index is 12.1. The number of carbonyl (C=O) groups is 2. The number of hydrogen-bond donors (Lipinski definition) is 3. The molecule has 0 unspecified atom stereocenters. The number of nitrogens with zero attached hydrogens (tertiary/aromatic N) is 2. The second kappa shape index (κ2) is 6.40. The summed E-state index contributed by atoms with van der Waals surface area (Å²) in [6.07, 6.45) is 3.05. The second-order valence-electron chi connectivity index (χ2n) is 4.33. The van der Waals surface area contributed by atoms with E-state index in [9.17, 15) is 9.59 Å². The summed E-state index contributed by atoms with van der Waals surface area (Å²) in [5, 5.41) is 9.18. The summed E-state index contributed by atoms with van der Waals surface area (Å²) in [5.74, 6) is -0.474. The molecule has 0 spiro atoms. The van der Waals surface area contributed by atoms with E-state index in [0.29, 0.717) is 16.9 Å². The molecule has 1 heterocycles. The van der Waals surface area contributed by atoms with Crippen LogP contribution < -0.4 is 16.4 Å². The molecule has 2 aromatic rings. The van der Waals surface area contributed by atoms with E-state index in [1.54, 1.807) is 31.4 Å². The number of aromatic nitrogens is 2. The minimum Gasteiger partial charge on any atom is -0.399 e. The number of carbonyl (C=O) groups excluding carboxylic acids is 2. The molecule has 21 heavy (non-hydrogen) atoms. The van der Waals surface area contributed by atoms with E-state index in [0.717, 1.165) is 4.47 Å². The minimum atomic E-state index is -0.303. The monoisotopic (exact) mass is 351 g/mol. The van der Waals surface area contributed by atoms with Crippen LogP contribution in [-0.4, -0.2) is 28.6 Å². The topological polar surface area (TPSA) is 102 Å². The van der Waals surface area contributed by atoms with E-state index in [4.69, 9.17) is 5.73 Å². The first-order valence-electron chi connectivity index (χ1n) is 6.08. The minimum absolute atomic E-state index is 0.0935. The Balaban J connectivity index is 2.07. The fourth-order valence-electron chi connectivity index (χ4n) is 1.69. The predicted octanol–water partition coefficient (Wildman–Crippen LogP) is 1.23. The summed E-state index contributed by atoms with van der Waals surface area (Å²) in [6.45, 7) is 0.0935. The molecule has 0 radical (unpaired) electrons. The van der Waals surface area contributed by atoms with Crippen molar-refractivity contribution in [1.82, 2.24) is 15.1 Å². The van der Waals surface area contributed by atoms with Crippen LogP contribution in [0.4, 0.5) is 11.4 Å². The van der Waals surface area contributed by atoms with Gasteiger partial charge in [0, 0.05) is 29.0 Å². The van der Waals surface area contributed by atoms with E-state index < -0.39 is 0 Å². The number of nitrogen functional groups attached to an aromatic ring is 1. The van der Waals surface area contributed by atoms with Gasteiger partial charge in [0.05, 0.1) is 11.9 Å². The molecule has 0 bridgehead atoms. The zero-order chi connectivity index (χ0) is 15.4. The number of rotatable bonds is 4. The number of amides is 2. The number of anilines is 2. The molecule has 0 saturated carbocycles. The van der Waals surface area contributed by atoms with Crippen molar-refractivity contribution in [2.45, 2.75) is 6.54 Å². The maximum absolute atomic E-state index is 12.1. The van der Waals surface area contributed by atoms with Crippen molar-refractivity contribution in [3.8, 4) is 0 Å². The van der Waals surface area contributed by atoms with Crippen LogP contribution in [-0.2, 0) is 11.3 Å². The number of halogens is 1. The standard InChI is InChI=1S/C13H14BrN5O2/c1-16-12(20)7-19-6-11(5-17-19)18-13(21)8-2-9(14)4-10(15)3-8/h2-6H,7,15H2,1H3,(H,16,20)(H,18,21). The fraction of sp³-hybridized carbons (Fsp3) is 0.154. The lowest BCUT2D eigenvalue weighted by molar-refractivity contribution is -0.121. The van der Waals surface area contributed by atoms with Gasteiger partial charge in [-0.3, -0.25) is 14.3 Å². The lowest BCUT2D eigenvalue weighted by Gasteiger charge is -2.04. The maximum Gasteiger partial charge on any atom is 0.255 e. The molecule has 2 amide bonds. The van der Waals surface area contributed by atoms with Crippen LogP contribution in [0, 0.1) is 0 Å². The smallest absolute Gasteiger partial charge is 0.255 e. The average molecular weight is 352 g/mol. The Morgan fingerprint density at radius 2 is 2.14 bits per heavy atom. The molecule has 0 aliphatic heterocycles. The summed E-state index contributed by atoms with van der Waals surface area (Å²) < 4.78 is 2.16. The summed E-state index contributed by atoms with van der Waals surface area (Å²) in [5.41, 5.74) is 7.12. The van der Waals surface area contributed by atoms with Crippen molar-refractivity contribution in [3.05, 3.63) is 40.6 Å². The molecule has 0 aliphatic carbocycles. The van der Waals surface area contributed by atoms with Crippen molar-refractivity contribution in [2.75, 3.05) is 18.1 Å². The summed E-state index contributed by atoms with van der Waals surface area (Å²) in [7, 11) is 1.55. The van der Waals surface area contributed by atoms with Crippen LogP contribution in [0.5, 0.6) is 0 Å². The van der Waals surface area contributed by atoms with Gasteiger partial charge < -0.3 is 16.4 Å². The van der Waals surface area contributed by atoms with Crippen molar-refractivity contribution in [1.29, 1.82) is 0 Å². The van der Waals surface area contributed by atoms with Crippen LogP contribution in [0.2, 0.25) is 0 Å². The highest BCUT2D eigenvalue weighted by Crippen LogP contribution is 2.18. The molecule has 7 nitrogen and oxygen atoms in total. The number of nitrogens with one attached hydrogen (secondary N) is 2. The number of benzene rings is 1. The molecular formula is C13H14BrN5O2. The van der Waals surface area contributed by atoms with Crippen molar-refractivity contribution in [2.24, 2.45) is 0 Å². The van der Waals surface area contributed by atoms with Gasteiger partial charge in [-0.2, -0.15) is 5.10 Å². The van der Waals surface area contributed by atoms with E-state index in [1.807, 2.05) is 0 Å². The van der Waals surface area contributed by atoms with Crippen molar-refractivity contribution in [3.63, 3.8) is 0 Å². The Kier molecular flexibility index (Phi) is 4.59. The third-order valence-electron chi connectivity index (χ3n) is 2.66. The molecule has 1 aromatic carbocycles. The molecule has 0 atom stereocenters. The molecule has 4 N–H and O–H groups in total. The fourth-order valence-corrected chi connectivity index (χ4v) is 2.20. The van der Waals surface area contributed by atoms with Crippen LogP contribution in [0.15, 0.2) is 35.1 Å². The summed E-state index contributed by atoms with van der Waals surface area (Å²) >= 11 is 3.28. The molecule has 0 saturated heterocycles. The van der Waals surface area contributed by atoms with Crippen molar-refractivity contribution >= 4 is 39.1 Å². The zero-order valence-electron chi connectivity index (χ0n) is 11.3. The average Bonchev–Trinajstić information content (AvgIpc) is 2.84. The van der Waals surface area contributed by atoms with Crippen LogP contribution in [0.3, 0.4) is 0 Å². The molecule has 110 valence electrons. The van der Waals surface area contributed by atoms with Gasteiger partial charge in [-0.1, -0.05) is 15.9 Å². The van der Waals surface area contributed by atoms with Crippen LogP contribution in [0.25, 0.3) is 0 Å². The highest BCUT2D eigenvalue weighted by atomic mass is 79.9. The number of likely N-dealkylation sites (N-methyl/N-ethyl adjacent to an activating group) is 1. The van der Waals surface area contributed by atoms with Gasteiger partial charge in [0.15, 0.2) is 0 Å². The summed E-state index contributed by atoms with van der Waals surface area (Å²) in [6, 6.07) is 4.95. The van der Waals surface area contributed by atoms with Crippen LogP contribution in [0.1, 0.15) is 10.4 Å². The van der Waals surface area contributed by atoms with Crippen molar-refractivity contribution < 1.29 is 9.59 Å². The van der Waals surface area contributed by atoms with Gasteiger partial charge in [-0.05, 0) is 18.2 Å². The Morgan fingerprint density at radius 3 is 2.81 bits per heavy atom. The predicted molar refractivity (Wildman–Crippen MR) is 82.8 cm³/mol. The molecule has 2 rings (SSSR count). The first-order chi connectivity index (χ1) is 9.97. The van der Waals surface area contributed by atoms with E-state index >= 15 is 0 Å². The SMILES string of the molecule is CNC(=O)Cn1cc(NC(=O)c2cc(N)cc(Br)c2)cn1. The van der Waals surface area contributed by atoms with Gasteiger partial charge in [-0.25, -0.2) is 0 Å². The normalized spacial score (nSPS) is 10.2. The third-order valence-corrected chi connectivity index (χ3v) is 3.12. The van der Waals surface area contributed by atoms with E-state index in [2.05, 4.69) is 31.7 Å². The lowest BCUT2D eigenvalue weighted by atomic mass is 10.2. The molecule has 8 heteroatoms. The summed E-state index contributed by atoms with van der Waals surface area (Å²) in [4.78, 5) is 23.3. The number of hydrogen-bond acceptors (Lipinski definition) is 4. The Bertz CT molecular complexity index is 663. The highest BCUT2D eigenvalue weighted by Gasteiger charge is 2.10. The zero-order valence-corrected chi connectivity index (χ0v) is 12.8. The van der Waals surface area contributed by atoms with Gasteiger partial charge in [0.1, 0.15) is 6.54 Å². The number of nitrogens with two attached hydrogens (primary N) is 1. The largest absolute Gasteiger partial charge is 0.399 e. The van der Waals surface area contributed by atoms with Gasteiger partial charge in [0.2, 0.25) is 5.91 Å². The van der Waals surface area contributed by atoms with Gasteiger partial charge in [0.25, 0.3) is 5.91 Å². The Hall–Kier alpha value is -2.35. The molecule has 0 aliphatic rings. The highest BCUT2D eigenvalue weighted by molar-refractivity contribution is 9.10. The quantitative estimate of drug-likeness (QED) is 0.720. The second-order valence-corrected chi connectivity index (χ2v) is 5.24. The van der Waals surface area contributed by atoms with Gasteiger partial charge in [-0.15, -0.1) is 0 Å². The Morgan fingerprint density at radius 1 is 1.38 bits per heavy atom. The first-order valence-corrected chi connectivity index (χ1v) is 6.87. The van der Waals surface area contributed by atoms with E-state index in [-0.39, 0.29) is 18.4 Å². The van der Waals surface area contributed by atoms with Crippen LogP contribution >= 0.6 is 15.9 Å². The Labute approximate surface area is 129 Å². The van der Waals surface area contributed by atoms with E-state index in [1.165, 1.54) is 10.9 Å². The molecular weight excluding hydrogens is 338 g/mol. The lowest BCUT2D eigenvalue weighted by Crippen LogP contribution is -2.23. The first kappa shape index (κ1) is 15.0. The molecule has 0 fully saturated rings. The third kappa shape index (κ3) is 4.06. The molecule has 1 aromatic heterocycles.